The molecule has 2 fully saturated rings. The molecule has 2 aliphatic heterocycles. The van der Waals surface area contributed by atoms with Crippen LogP contribution >= 0.6 is 0 Å². The number of hydrogen-bond donors (Lipinski definition) is 2. The van der Waals surface area contributed by atoms with Gasteiger partial charge in [0, 0.05) is 49.2 Å². The molecule has 194 valence electrons. The van der Waals surface area contributed by atoms with E-state index in [1.165, 1.54) is 36.8 Å². The molecule has 4 aliphatic rings. The van der Waals surface area contributed by atoms with Gasteiger partial charge in [-0.2, -0.15) is 9.97 Å². The molecule has 0 unspecified atom stereocenters. The number of rotatable bonds is 4. The minimum atomic E-state index is -1.82. The van der Waals surface area contributed by atoms with Crippen molar-refractivity contribution in [1.82, 2.24) is 30.1 Å². The van der Waals surface area contributed by atoms with Gasteiger partial charge in [-0.15, -0.1) is 0 Å². The van der Waals surface area contributed by atoms with Crippen LogP contribution in [0.5, 0.6) is 0 Å². The Morgan fingerprint density at radius 3 is 1.47 bits per heavy atom. The Kier molecular flexibility index (Phi) is 8.26. The zero-order valence-corrected chi connectivity index (χ0v) is 20.6. The molecule has 2 aromatic heterocycles. The Hall–Kier alpha value is -3.38. The van der Waals surface area contributed by atoms with E-state index in [-0.39, 0.29) is 0 Å². The molecule has 12 heteroatoms. The standard InChI is InChI=1S/2C11H15N3O.C2H2O4/c2*1-14-6-2-3-9(7-14)10-12-11(15-13-10)8-4-5-8;3-1(4)2(5)6/h2*3,8H,2,4-7H2,1H3;(H,3,4)(H,5,6). The van der Waals surface area contributed by atoms with Gasteiger partial charge in [0.2, 0.25) is 11.8 Å². The number of carbonyl (C=O) groups is 2. The maximum Gasteiger partial charge on any atom is 0.414 e. The molecule has 12 nitrogen and oxygen atoms in total. The van der Waals surface area contributed by atoms with Crippen molar-refractivity contribution in [3.05, 3.63) is 35.6 Å². The lowest BCUT2D eigenvalue weighted by Gasteiger charge is -2.20. The predicted molar refractivity (Wildman–Crippen MR) is 128 cm³/mol. The van der Waals surface area contributed by atoms with Crippen LogP contribution in [0.3, 0.4) is 0 Å². The summed E-state index contributed by atoms with van der Waals surface area (Å²) >= 11 is 0. The molecule has 0 aromatic carbocycles. The molecule has 0 atom stereocenters. The van der Waals surface area contributed by atoms with Gasteiger partial charge in [-0.25, -0.2) is 9.59 Å². The van der Waals surface area contributed by atoms with Crippen LogP contribution in [0.2, 0.25) is 0 Å². The van der Waals surface area contributed by atoms with E-state index in [1.807, 2.05) is 0 Å². The minimum absolute atomic E-state index is 0.549. The highest BCUT2D eigenvalue weighted by atomic mass is 16.5. The summed E-state index contributed by atoms with van der Waals surface area (Å²) in [6, 6.07) is 0. The lowest BCUT2D eigenvalue weighted by atomic mass is 10.1. The fraction of sp³-hybridized carbons (Fsp3) is 0.583. The van der Waals surface area contributed by atoms with Gasteiger partial charge >= 0.3 is 11.9 Å². The Bertz CT molecular complexity index is 1040. The summed E-state index contributed by atoms with van der Waals surface area (Å²) in [6.07, 6.45) is 11.4. The van der Waals surface area contributed by atoms with Gasteiger partial charge in [0.15, 0.2) is 11.6 Å². The van der Waals surface area contributed by atoms with Crippen molar-refractivity contribution >= 4 is 23.1 Å². The van der Waals surface area contributed by atoms with E-state index in [0.717, 1.165) is 62.5 Å². The number of hydrogen-bond acceptors (Lipinski definition) is 10. The van der Waals surface area contributed by atoms with Crippen LogP contribution in [0.1, 0.15) is 73.8 Å². The maximum atomic E-state index is 9.10. The van der Waals surface area contributed by atoms with Crippen LogP contribution in [-0.4, -0.2) is 92.5 Å². The van der Waals surface area contributed by atoms with Gasteiger partial charge in [0.25, 0.3) is 0 Å². The number of nitrogens with zero attached hydrogens (tertiary/aromatic N) is 6. The molecule has 0 radical (unpaired) electrons. The van der Waals surface area contributed by atoms with Gasteiger partial charge in [0.1, 0.15) is 0 Å². The van der Waals surface area contributed by atoms with Crippen LogP contribution in [0.4, 0.5) is 0 Å². The quantitative estimate of drug-likeness (QED) is 0.591. The molecule has 0 spiro atoms. The first-order valence-electron chi connectivity index (χ1n) is 12.2. The SMILES string of the molecule is CN1CCC=C(c2noc(C3CC3)n2)C1.CN1CCC=C(c2noc(C3CC3)n2)C1.O=C(O)C(=O)O. The maximum absolute atomic E-state index is 9.10. The van der Waals surface area contributed by atoms with Crippen molar-refractivity contribution < 1.29 is 28.8 Å². The molecule has 0 saturated heterocycles. The average Bonchev–Trinajstić information content (AvgIpc) is 3.79. The van der Waals surface area contributed by atoms with Crippen molar-refractivity contribution in [3.63, 3.8) is 0 Å². The van der Waals surface area contributed by atoms with Crippen molar-refractivity contribution in [2.75, 3.05) is 40.3 Å². The summed E-state index contributed by atoms with van der Waals surface area (Å²) in [5.74, 6) is 0.705. The van der Waals surface area contributed by atoms with Crippen molar-refractivity contribution in [2.24, 2.45) is 0 Å². The van der Waals surface area contributed by atoms with Crippen LogP contribution < -0.4 is 0 Å². The van der Waals surface area contributed by atoms with Crippen molar-refractivity contribution in [2.45, 2.75) is 50.4 Å². The monoisotopic (exact) mass is 500 g/mol. The Labute approximate surface area is 208 Å². The zero-order chi connectivity index (χ0) is 25.7. The van der Waals surface area contributed by atoms with E-state index in [1.54, 1.807) is 0 Å². The van der Waals surface area contributed by atoms with Gasteiger partial charge in [-0.05, 0) is 52.6 Å². The minimum Gasteiger partial charge on any atom is -0.473 e. The summed E-state index contributed by atoms with van der Waals surface area (Å²) in [6.45, 7) is 4.11. The number of aromatic nitrogens is 4. The summed E-state index contributed by atoms with van der Waals surface area (Å²) < 4.78 is 10.5. The lowest BCUT2D eigenvalue weighted by molar-refractivity contribution is -0.159. The zero-order valence-electron chi connectivity index (χ0n) is 20.6. The second-order valence-corrected chi connectivity index (χ2v) is 9.58. The number of carboxylic acid groups (broad SMARTS) is 2. The second-order valence-electron chi connectivity index (χ2n) is 9.58. The largest absolute Gasteiger partial charge is 0.473 e. The Balaban J connectivity index is 0.000000139. The van der Waals surface area contributed by atoms with E-state index in [4.69, 9.17) is 28.8 Å². The first-order valence-corrected chi connectivity index (χ1v) is 12.2. The van der Waals surface area contributed by atoms with E-state index < -0.39 is 11.9 Å². The highest BCUT2D eigenvalue weighted by Gasteiger charge is 2.31. The summed E-state index contributed by atoms with van der Waals surface area (Å²) in [5, 5.41) is 22.9. The lowest BCUT2D eigenvalue weighted by Crippen LogP contribution is -2.25. The van der Waals surface area contributed by atoms with Crippen LogP contribution in [0.15, 0.2) is 21.2 Å². The fourth-order valence-electron chi connectivity index (χ4n) is 3.83. The number of carboxylic acids is 2. The van der Waals surface area contributed by atoms with Crippen molar-refractivity contribution in [1.29, 1.82) is 0 Å². The van der Waals surface area contributed by atoms with Crippen molar-refractivity contribution in [3.8, 4) is 0 Å². The van der Waals surface area contributed by atoms with E-state index in [2.05, 4.69) is 56.3 Å². The van der Waals surface area contributed by atoms with E-state index in [9.17, 15) is 0 Å². The van der Waals surface area contributed by atoms with Crippen LogP contribution in [0.25, 0.3) is 11.1 Å². The number of likely N-dealkylation sites (N-methyl/N-ethyl adjacent to an activating group) is 2. The van der Waals surface area contributed by atoms with E-state index in [0.29, 0.717) is 11.8 Å². The summed E-state index contributed by atoms with van der Waals surface area (Å²) in [5.41, 5.74) is 2.42. The van der Waals surface area contributed by atoms with E-state index >= 15 is 0 Å². The molecule has 2 aromatic rings. The molecule has 6 rings (SSSR count). The molecule has 2 saturated carbocycles. The normalized spacial score (nSPS) is 20.3. The molecular weight excluding hydrogens is 468 g/mol. The van der Waals surface area contributed by atoms with Crippen LogP contribution in [0, 0.1) is 0 Å². The molecule has 0 amide bonds. The molecule has 2 N–H and O–H groups in total. The Morgan fingerprint density at radius 1 is 0.778 bits per heavy atom. The number of aliphatic carboxylic acids is 2. The summed E-state index contributed by atoms with van der Waals surface area (Å²) in [7, 11) is 4.24. The predicted octanol–water partition coefficient (Wildman–Crippen LogP) is 2.49. The summed E-state index contributed by atoms with van der Waals surface area (Å²) in [4.78, 5) is 31.7. The topological polar surface area (TPSA) is 159 Å². The first-order chi connectivity index (χ1) is 17.3. The Morgan fingerprint density at radius 2 is 1.17 bits per heavy atom. The second kappa shape index (κ2) is 11.6. The average molecular weight is 501 g/mol. The highest BCUT2D eigenvalue weighted by Crippen LogP contribution is 2.40. The highest BCUT2D eigenvalue weighted by molar-refractivity contribution is 6.27. The molecule has 2 aliphatic carbocycles. The van der Waals surface area contributed by atoms with Gasteiger partial charge in [-0.1, -0.05) is 22.5 Å². The third kappa shape index (κ3) is 7.31. The van der Waals surface area contributed by atoms with Gasteiger partial charge < -0.3 is 29.1 Å². The third-order valence-corrected chi connectivity index (χ3v) is 6.18. The molecule has 0 bridgehead atoms. The molecule has 36 heavy (non-hydrogen) atoms. The smallest absolute Gasteiger partial charge is 0.414 e. The van der Waals surface area contributed by atoms with Gasteiger partial charge in [-0.3, -0.25) is 0 Å². The first kappa shape index (κ1) is 25.7. The fourth-order valence-corrected chi connectivity index (χ4v) is 3.83. The third-order valence-electron chi connectivity index (χ3n) is 6.18. The molecular formula is C24H32N6O6. The molecule has 4 heterocycles. The van der Waals surface area contributed by atoms with Gasteiger partial charge in [0.05, 0.1) is 0 Å². The van der Waals surface area contributed by atoms with Crippen LogP contribution in [-0.2, 0) is 9.59 Å².